The van der Waals surface area contributed by atoms with Crippen LogP contribution in [-0.2, 0) is 4.74 Å². The lowest BCUT2D eigenvalue weighted by Gasteiger charge is -2.38. The van der Waals surface area contributed by atoms with Crippen molar-refractivity contribution in [1.29, 1.82) is 0 Å². The smallest absolute Gasteiger partial charge is 0.343 e. The highest BCUT2D eigenvalue weighted by atomic mass is 16.6. The van der Waals surface area contributed by atoms with Crippen LogP contribution in [0.15, 0.2) is 17.1 Å². The Hall–Kier alpha value is -2.94. The van der Waals surface area contributed by atoms with E-state index in [1.54, 1.807) is 13.1 Å². The van der Waals surface area contributed by atoms with Crippen molar-refractivity contribution in [3.05, 3.63) is 43.7 Å². The summed E-state index contributed by atoms with van der Waals surface area (Å²) in [5, 5.41) is 15.7. The van der Waals surface area contributed by atoms with Crippen LogP contribution >= 0.6 is 0 Å². The van der Waals surface area contributed by atoms with Crippen molar-refractivity contribution < 1.29 is 14.5 Å². The Balaban J connectivity index is 2.01. The number of aryl methyl sites for hydroxylation is 1. The molecule has 1 aliphatic carbocycles. The molecule has 1 aromatic heterocycles. The fraction of sp³-hybridized carbons (Fsp3) is 0.545. The first-order chi connectivity index (χ1) is 14.7. The largest absolute Gasteiger partial charge is 0.462 e. The topological polar surface area (TPSA) is 107 Å². The third-order valence-electron chi connectivity index (χ3n) is 6.01. The number of piperazine rings is 1. The van der Waals surface area contributed by atoms with Crippen molar-refractivity contribution >= 4 is 28.2 Å². The Morgan fingerprint density at radius 1 is 1.29 bits per heavy atom. The standard InChI is InChI=1S/C22H28N4O5/c1-5-31-22(28)17-11-25(15-6-7-15)19-14(4)20(24-9-12(2)23-13(3)10-24)18(26(29)30)8-16(19)21(17)27/h8,11-13,15,23H,5-7,9-10H2,1-4H3/t12-,13+. The van der Waals surface area contributed by atoms with Crippen LogP contribution in [0, 0.1) is 17.0 Å². The summed E-state index contributed by atoms with van der Waals surface area (Å²) in [4.78, 5) is 39.3. The predicted molar refractivity (Wildman–Crippen MR) is 118 cm³/mol. The Kier molecular flexibility index (Phi) is 5.47. The van der Waals surface area contributed by atoms with Gasteiger partial charge in [0.25, 0.3) is 5.69 Å². The number of carbonyl (C=O) groups is 1. The molecule has 0 amide bonds. The third kappa shape index (κ3) is 3.78. The third-order valence-corrected chi connectivity index (χ3v) is 6.01. The predicted octanol–water partition coefficient (Wildman–Crippen LogP) is 2.92. The molecule has 0 spiro atoms. The number of nitrogens with zero attached hydrogens (tertiary/aromatic N) is 3. The zero-order chi connectivity index (χ0) is 22.4. The molecule has 0 bridgehead atoms. The van der Waals surface area contributed by atoms with Gasteiger partial charge in [-0.3, -0.25) is 14.9 Å². The Bertz CT molecular complexity index is 1110. The van der Waals surface area contributed by atoms with Gasteiger partial charge in [-0.1, -0.05) is 0 Å². The first-order valence-electron chi connectivity index (χ1n) is 10.8. The molecule has 1 aromatic carbocycles. The van der Waals surface area contributed by atoms with Crippen LogP contribution in [-0.4, -0.2) is 47.2 Å². The lowest BCUT2D eigenvalue weighted by atomic mass is 10.0. The molecule has 2 aromatic rings. The normalized spacial score (nSPS) is 21.4. The van der Waals surface area contributed by atoms with Crippen molar-refractivity contribution in [3.63, 3.8) is 0 Å². The number of hydrogen-bond acceptors (Lipinski definition) is 7. The van der Waals surface area contributed by atoms with E-state index in [0.29, 0.717) is 29.9 Å². The summed E-state index contributed by atoms with van der Waals surface area (Å²) in [7, 11) is 0. The van der Waals surface area contributed by atoms with Gasteiger partial charge in [0.2, 0.25) is 5.43 Å². The minimum Gasteiger partial charge on any atom is -0.462 e. The molecule has 2 atom stereocenters. The van der Waals surface area contributed by atoms with Crippen molar-refractivity contribution in [2.75, 3.05) is 24.6 Å². The van der Waals surface area contributed by atoms with E-state index < -0.39 is 16.3 Å². The van der Waals surface area contributed by atoms with Crippen molar-refractivity contribution in [2.24, 2.45) is 0 Å². The van der Waals surface area contributed by atoms with Gasteiger partial charge in [0.15, 0.2) is 0 Å². The second-order valence-electron chi connectivity index (χ2n) is 8.63. The first-order valence-corrected chi connectivity index (χ1v) is 10.8. The van der Waals surface area contributed by atoms with Gasteiger partial charge in [0.1, 0.15) is 11.3 Å². The molecule has 1 aliphatic heterocycles. The molecule has 9 heteroatoms. The molecule has 4 rings (SSSR count). The molecule has 2 aliphatic rings. The molecule has 1 saturated heterocycles. The summed E-state index contributed by atoms with van der Waals surface area (Å²) in [6.07, 6.45) is 3.45. The highest BCUT2D eigenvalue weighted by Crippen LogP contribution is 2.42. The van der Waals surface area contributed by atoms with Crippen LogP contribution in [0.2, 0.25) is 0 Å². The quantitative estimate of drug-likeness (QED) is 0.443. The van der Waals surface area contributed by atoms with Crippen LogP contribution in [0.1, 0.15) is 55.6 Å². The summed E-state index contributed by atoms with van der Waals surface area (Å²) in [5.41, 5.74) is 1.21. The second kappa shape index (κ2) is 7.96. The molecule has 166 valence electrons. The molecule has 1 N–H and O–H groups in total. The maximum atomic E-state index is 13.2. The van der Waals surface area contributed by atoms with Gasteiger partial charge in [-0.15, -0.1) is 0 Å². The lowest BCUT2D eigenvalue weighted by Crippen LogP contribution is -2.54. The molecule has 0 radical (unpaired) electrons. The van der Waals surface area contributed by atoms with E-state index in [1.807, 2.05) is 16.4 Å². The maximum Gasteiger partial charge on any atom is 0.343 e. The van der Waals surface area contributed by atoms with E-state index in [1.165, 1.54) is 6.07 Å². The summed E-state index contributed by atoms with van der Waals surface area (Å²) in [6, 6.07) is 1.87. The van der Waals surface area contributed by atoms with Crippen LogP contribution in [0.5, 0.6) is 0 Å². The number of nitro benzene ring substituents is 1. The van der Waals surface area contributed by atoms with Crippen LogP contribution in [0.3, 0.4) is 0 Å². The van der Waals surface area contributed by atoms with E-state index in [2.05, 4.69) is 19.2 Å². The van der Waals surface area contributed by atoms with Crippen LogP contribution in [0.25, 0.3) is 10.9 Å². The molecule has 2 heterocycles. The van der Waals surface area contributed by atoms with Gasteiger partial charge >= 0.3 is 5.97 Å². The Morgan fingerprint density at radius 2 is 1.94 bits per heavy atom. The number of fused-ring (bicyclic) bond motifs is 1. The monoisotopic (exact) mass is 428 g/mol. The number of carbonyl (C=O) groups excluding carboxylic acids is 1. The fourth-order valence-electron chi connectivity index (χ4n) is 4.74. The van der Waals surface area contributed by atoms with E-state index in [-0.39, 0.29) is 41.4 Å². The van der Waals surface area contributed by atoms with Gasteiger partial charge in [0, 0.05) is 49.0 Å². The van der Waals surface area contributed by atoms with Crippen LogP contribution in [0.4, 0.5) is 11.4 Å². The Labute approximate surface area is 180 Å². The van der Waals surface area contributed by atoms with Gasteiger partial charge in [-0.25, -0.2) is 4.79 Å². The number of nitrogens with one attached hydrogen (secondary N) is 1. The zero-order valence-corrected chi connectivity index (χ0v) is 18.3. The number of hydrogen-bond donors (Lipinski definition) is 1. The van der Waals surface area contributed by atoms with Crippen molar-refractivity contribution in [3.8, 4) is 0 Å². The molecule has 1 saturated carbocycles. The van der Waals surface area contributed by atoms with E-state index in [0.717, 1.165) is 12.8 Å². The number of nitro groups is 1. The number of aromatic nitrogens is 1. The number of esters is 1. The van der Waals surface area contributed by atoms with Crippen molar-refractivity contribution in [1.82, 2.24) is 9.88 Å². The Morgan fingerprint density at radius 3 is 2.48 bits per heavy atom. The highest BCUT2D eigenvalue weighted by Gasteiger charge is 2.33. The molecular weight excluding hydrogens is 400 g/mol. The first kappa shape index (κ1) is 21.3. The molecular formula is C22H28N4O5. The minimum absolute atomic E-state index is 0.0767. The highest BCUT2D eigenvalue weighted by molar-refractivity contribution is 5.98. The molecule has 9 nitrogen and oxygen atoms in total. The van der Waals surface area contributed by atoms with Crippen molar-refractivity contribution in [2.45, 2.75) is 58.7 Å². The van der Waals surface area contributed by atoms with E-state index >= 15 is 0 Å². The molecule has 31 heavy (non-hydrogen) atoms. The average Bonchev–Trinajstić information content (AvgIpc) is 3.52. The summed E-state index contributed by atoms with van der Waals surface area (Å²) in [5.74, 6) is -0.696. The summed E-state index contributed by atoms with van der Waals surface area (Å²) < 4.78 is 7.01. The number of rotatable bonds is 5. The lowest BCUT2D eigenvalue weighted by molar-refractivity contribution is -0.384. The van der Waals surface area contributed by atoms with Gasteiger partial charge in [0.05, 0.1) is 22.4 Å². The maximum absolute atomic E-state index is 13.2. The van der Waals surface area contributed by atoms with Gasteiger partial charge in [-0.2, -0.15) is 0 Å². The minimum atomic E-state index is -0.696. The average molecular weight is 428 g/mol. The summed E-state index contributed by atoms with van der Waals surface area (Å²) in [6.45, 7) is 9.03. The number of benzene rings is 1. The fourth-order valence-corrected chi connectivity index (χ4v) is 4.74. The number of pyridine rings is 1. The summed E-state index contributed by atoms with van der Waals surface area (Å²) >= 11 is 0. The molecule has 0 unspecified atom stereocenters. The SMILES string of the molecule is CCOC(=O)c1cn(C2CC2)c2c(C)c(N3C[C@@H](C)N[C@@H](C)C3)c([N+](=O)[O-])cc2c1=O. The van der Waals surface area contributed by atoms with Gasteiger partial charge in [-0.05, 0) is 40.5 Å². The van der Waals surface area contributed by atoms with E-state index in [4.69, 9.17) is 4.74 Å². The second-order valence-corrected chi connectivity index (χ2v) is 8.63. The number of anilines is 1. The number of ether oxygens (including phenoxy) is 1. The van der Waals surface area contributed by atoms with E-state index in [9.17, 15) is 19.7 Å². The van der Waals surface area contributed by atoms with Crippen LogP contribution < -0.4 is 15.6 Å². The molecule has 2 fully saturated rings. The van der Waals surface area contributed by atoms with Gasteiger partial charge < -0.3 is 19.5 Å². The zero-order valence-electron chi connectivity index (χ0n) is 18.3.